The van der Waals surface area contributed by atoms with E-state index < -0.39 is 24.3 Å². The lowest BCUT2D eigenvalue weighted by Gasteiger charge is -2.10. The van der Waals surface area contributed by atoms with Crippen LogP contribution in [-0.2, 0) is 0 Å². The van der Waals surface area contributed by atoms with Crippen LogP contribution in [0.1, 0.15) is 5.56 Å². The molecule has 0 amide bonds. The second kappa shape index (κ2) is 6.46. The van der Waals surface area contributed by atoms with Gasteiger partial charge in [-0.15, -0.1) is 12.6 Å². The first-order chi connectivity index (χ1) is 8.87. The van der Waals surface area contributed by atoms with Crippen LogP contribution in [0.4, 0.5) is 17.6 Å². The number of nitrogens with two attached hydrogens (primary N) is 1. The summed E-state index contributed by atoms with van der Waals surface area (Å²) < 4.78 is 53.7. The molecule has 0 unspecified atom stereocenters. The molecule has 2 N–H and O–H groups in total. The molecular formula is C11H10F4N2OS. The number of rotatable bonds is 4. The Hall–Kier alpha value is -1.70. The third-order valence-corrected chi connectivity index (χ3v) is 2.20. The second-order valence-corrected chi connectivity index (χ2v) is 3.60. The molecule has 0 heterocycles. The molecule has 1 aromatic rings. The quantitative estimate of drug-likeness (QED) is 0.388. The highest BCUT2D eigenvalue weighted by Crippen LogP contribution is 2.25. The molecular weight excluding hydrogens is 284 g/mol. The normalized spacial score (nSPS) is 13.0. The van der Waals surface area contributed by atoms with Gasteiger partial charge in [-0.05, 0) is 23.6 Å². The van der Waals surface area contributed by atoms with Crippen molar-refractivity contribution in [1.82, 2.24) is 0 Å². The van der Waals surface area contributed by atoms with E-state index in [4.69, 9.17) is 5.73 Å². The zero-order valence-corrected chi connectivity index (χ0v) is 10.4. The lowest BCUT2D eigenvalue weighted by molar-refractivity contribution is -0.153. The van der Waals surface area contributed by atoms with Crippen molar-refractivity contribution in [2.24, 2.45) is 10.7 Å². The van der Waals surface area contributed by atoms with Crippen LogP contribution in [0.5, 0.6) is 5.75 Å². The number of thiol groups is 1. The first-order valence-corrected chi connectivity index (χ1v) is 5.47. The van der Waals surface area contributed by atoms with E-state index in [9.17, 15) is 17.6 Å². The third-order valence-electron chi connectivity index (χ3n) is 1.95. The summed E-state index contributed by atoms with van der Waals surface area (Å²) in [5, 5.41) is 1.29. The van der Waals surface area contributed by atoms with E-state index in [0.29, 0.717) is 5.56 Å². The fourth-order valence-corrected chi connectivity index (χ4v) is 1.42. The van der Waals surface area contributed by atoms with E-state index in [0.717, 1.165) is 18.5 Å². The third kappa shape index (κ3) is 4.82. The minimum Gasteiger partial charge on any atom is -0.481 e. The smallest absolute Gasteiger partial charge is 0.422 e. The Morgan fingerprint density at radius 2 is 2.11 bits per heavy atom. The van der Waals surface area contributed by atoms with Gasteiger partial charge in [0.05, 0.1) is 12.0 Å². The van der Waals surface area contributed by atoms with Gasteiger partial charge in [0.15, 0.2) is 18.2 Å². The van der Waals surface area contributed by atoms with Crippen LogP contribution in [0.25, 0.3) is 5.70 Å². The van der Waals surface area contributed by atoms with Crippen LogP contribution in [0, 0.1) is 5.82 Å². The van der Waals surface area contributed by atoms with E-state index in [1.54, 1.807) is 0 Å². The van der Waals surface area contributed by atoms with Crippen LogP contribution in [0.3, 0.4) is 0 Å². The number of ether oxygens (including phenoxy) is 1. The van der Waals surface area contributed by atoms with Gasteiger partial charge in [0.1, 0.15) is 0 Å². The average Bonchev–Trinajstić information content (AvgIpc) is 2.33. The zero-order chi connectivity index (χ0) is 14.5. The Kier molecular flexibility index (Phi) is 5.22. The maximum atomic E-state index is 13.5. The molecule has 0 aliphatic heterocycles. The van der Waals surface area contributed by atoms with Gasteiger partial charge in [-0.1, -0.05) is 0 Å². The lowest BCUT2D eigenvalue weighted by atomic mass is 10.1. The molecule has 8 heteroatoms. The predicted octanol–water partition coefficient (Wildman–Crippen LogP) is 2.98. The Morgan fingerprint density at radius 3 is 2.58 bits per heavy atom. The van der Waals surface area contributed by atoms with E-state index >= 15 is 0 Å². The number of nitrogens with zero attached hydrogens (tertiary/aromatic N) is 1. The standard InChI is InChI=1S/C11H10F4N2OS/c12-8-3-7(9(4-19)17-6-16)1-2-10(8)18-5-11(13,14)15/h1-4,6,19H,5H2,(H2,16,17)/b9-4-. The van der Waals surface area contributed by atoms with Gasteiger partial charge >= 0.3 is 6.18 Å². The first-order valence-electron chi connectivity index (χ1n) is 4.95. The number of aliphatic imine (C=N–C) groups is 1. The highest BCUT2D eigenvalue weighted by molar-refractivity contribution is 7.83. The van der Waals surface area contributed by atoms with Gasteiger partial charge in [0.25, 0.3) is 0 Å². The fourth-order valence-electron chi connectivity index (χ4n) is 1.20. The molecule has 0 spiro atoms. The van der Waals surface area contributed by atoms with Crippen molar-refractivity contribution < 1.29 is 22.3 Å². The molecule has 1 rings (SSSR count). The van der Waals surface area contributed by atoms with Crippen molar-refractivity contribution in [2.75, 3.05) is 6.61 Å². The lowest BCUT2D eigenvalue weighted by Crippen LogP contribution is -2.19. The summed E-state index contributed by atoms with van der Waals surface area (Å²) in [7, 11) is 0. The summed E-state index contributed by atoms with van der Waals surface area (Å²) >= 11 is 3.87. The summed E-state index contributed by atoms with van der Waals surface area (Å²) in [6, 6.07) is 3.42. The highest BCUT2D eigenvalue weighted by Gasteiger charge is 2.28. The monoisotopic (exact) mass is 294 g/mol. The van der Waals surface area contributed by atoms with Crippen LogP contribution in [0.15, 0.2) is 28.6 Å². The van der Waals surface area contributed by atoms with Crippen molar-refractivity contribution in [1.29, 1.82) is 0 Å². The summed E-state index contributed by atoms with van der Waals surface area (Å²) in [4.78, 5) is 3.72. The van der Waals surface area contributed by atoms with E-state index in [2.05, 4.69) is 22.4 Å². The summed E-state index contributed by atoms with van der Waals surface area (Å²) in [6.45, 7) is -1.56. The Labute approximate surface area is 112 Å². The van der Waals surface area contributed by atoms with E-state index in [1.165, 1.54) is 11.5 Å². The Balaban J connectivity index is 2.91. The number of hydrogen-bond donors (Lipinski definition) is 2. The van der Waals surface area contributed by atoms with Gasteiger partial charge in [0, 0.05) is 5.56 Å². The molecule has 0 bridgehead atoms. The predicted molar refractivity (Wildman–Crippen MR) is 67.6 cm³/mol. The largest absolute Gasteiger partial charge is 0.481 e. The Bertz CT molecular complexity index is 500. The van der Waals surface area contributed by atoms with Crippen molar-refractivity contribution in [3.05, 3.63) is 35.0 Å². The van der Waals surface area contributed by atoms with Crippen LogP contribution in [0.2, 0.25) is 0 Å². The minimum atomic E-state index is -4.52. The minimum absolute atomic E-state index is 0.270. The number of benzene rings is 1. The molecule has 104 valence electrons. The molecule has 3 nitrogen and oxygen atoms in total. The van der Waals surface area contributed by atoms with E-state index in [-0.39, 0.29) is 5.70 Å². The van der Waals surface area contributed by atoms with Crippen LogP contribution >= 0.6 is 12.6 Å². The van der Waals surface area contributed by atoms with Gasteiger partial charge in [-0.2, -0.15) is 13.2 Å². The molecule has 0 aromatic heterocycles. The summed E-state index contributed by atoms with van der Waals surface area (Å²) in [5.74, 6) is -1.42. The molecule has 0 saturated carbocycles. The van der Waals surface area contributed by atoms with Gasteiger partial charge in [-0.25, -0.2) is 9.38 Å². The summed E-state index contributed by atoms with van der Waals surface area (Å²) in [5.41, 5.74) is 5.68. The average molecular weight is 294 g/mol. The van der Waals surface area contributed by atoms with Gasteiger partial charge in [0.2, 0.25) is 0 Å². The van der Waals surface area contributed by atoms with Gasteiger partial charge in [-0.3, -0.25) is 0 Å². The van der Waals surface area contributed by atoms with Crippen molar-refractivity contribution in [2.45, 2.75) is 6.18 Å². The topological polar surface area (TPSA) is 47.6 Å². The number of halogens is 4. The number of alkyl halides is 3. The molecule has 0 aliphatic rings. The molecule has 0 radical (unpaired) electrons. The molecule has 19 heavy (non-hydrogen) atoms. The van der Waals surface area contributed by atoms with E-state index in [1.807, 2.05) is 0 Å². The van der Waals surface area contributed by atoms with Crippen molar-refractivity contribution >= 4 is 24.7 Å². The Morgan fingerprint density at radius 1 is 1.42 bits per heavy atom. The van der Waals surface area contributed by atoms with Crippen molar-refractivity contribution in [3.63, 3.8) is 0 Å². The van der Waals surface area contributed by atoms with Gasteiger partial charge < -0.3 is 10.5 Å². The van der Waals surface area contributed by atoms with Crippen molar-refractivity contribution in [3.8, 4) is 5.75 Å². The zero-order valence-electron chi connectivity index (χ0n) is 9.49. The molecule has 0 saturated heterocycles. The molecule has 0 fully saturated rings. The second-order valence-electron chi connectivity index (χ2n) is 3.34. The molecule has 0 aliphatic carbocycles. The van der Waals surface area contributed by atoms with Crippen LogP contribution < -0.4 is 10.5 Å². The first kappa shape index (κ1) is 15.4. The summed E-state index contributed by atoms with van der Waals surface area (Å²) in [6.07, 6.45) is -3.53. The number of hydrogen-bond acceptors (Lipinski definition) is 3. The maximum Gasteiger partial charge on any atom is 0.422 e. The SMILES string of the molecule is NC=N/C(=C\S)c1ccc(OCC(F)(F)F)c(F)c1. The highest BCUT2D eigenvalue weighted by atomic mass is 32.1. The molecule has 0 atom stereocenters. The molecule has 1 aromatic carbocycles. The van der Waals surface area contributed by atoms with Crippen LogP contribution in [-0.4, -0.2) is 19.1 Å². The maximum absolute atomic E-state index is 13.5. The fraction of sp³-hybridized carbons (Fsp3) is 0.182.